The number of thiophene rings is 1. The number of hydrogen-bond acceptors (Lipinski definition) is 4. The summed E-state index contributed by atoms with van der Waals surface area (Å²) >= 11 is 1.87. The first-order chi connectivity index (χ1) is 32.7. The summed E-state index contributed by atoms with van der Waals surface area (Å²) in [5, 5.41) is 7.41. The van der Waals surface area contributed by atoms with Crippen LogP contribution in [0.1, 0.15) is 0 Å². The van der Waals surface area contributed by atoms with Crippen LogP contribution in [0.2, 0.25) is 0 Å². The van der Waals surface area contributed by atoms with Crippen LogP contribution >= 0.6 is 11.3 Å². The van der Waals surface area contributed by atoms with E-state index in [9.17, 15) is 0 Å². The molecule has 0 amide bonds. The molecule has 0 aliphatic carbocycles. The molecule has 1 heterocycles. The van der Waals surface area contributed by atoms with E-state index in [2.05, 4.69) is 276 Å². The Hall–Kier alpha value is -8.44. The standard InChI is InChI=1S/C62H43N3S/c1-5-21-46(22-6-1)63(47-23-7-2-8-24-47)51-41-52(64(48-25-9-3-10-26-48)49-27-11-4-12-28-49)43-53(42-51)65(60-40-45-20-13-14-29-54(45)56-30-15-16-31-57(56)60)50-38-36-44(37-39-50)55-33-19-34-59-58-32-17-18-35-61(58)66-62(55)59/h1-43H. The van der Waals surface area contributed by atoms with Crippen LogP contribution < -0.4 is 14.7 Å². The van der Waals surface area contributed by atoms with Crippen molar-refractivity contribution in [2.45, 2.75) is 0 Å². The van der Waals surface area contributed by atoms with Gasteiger partial charge in [0.15, 0.2) is 0 Å². The van der Waals surface area contributed by atoms with E-state index >= 15 is 0 Å². The smallest absolute Gasteiger partial charge is 0.0546 e. The molecule has 11 aromatic carbocycles. The Morgan fingerprint density at radius 2 is 0.682 bits per heavy atom. The topological polar surface area (TPSA) is 9.72 Å². The van der Waals surface area contributed by atoms with Crippen molar-refractivity contribution in [1.82, 2.24) is 0 Å². The summed E-state index contributed by atoms with van der Waals surface area (Å²) in [6, 6.07) is 94.4. The van der Waals surface area contributed by atoms with Crippen molar-refractivity contribution >= 4 is 104 Å². The maximum atomic E-state index is 2.47. The predicted molar refractivity (Wildman–Crippen MR) is 284 cm³/mol. The highest BCUT2D eigenvalue weighted by Crippen LogP contribution is 2.49. The van der Waals surface area contributed by atoms with E-state index in [-0.39, 0.29) is 0 Å². The van der Waals surface area contributed by atoms with Crippen LogP contribution in [0.3, 0.4) is 0 Å². The molecular formula is C62H43N3S. The van der Waals surface area contributed by atoms with Gasteiger partial charge in [-0.05, 0) is 118 Å². The third-order valence-corrected chi connectivity index (χ3v) is 13.8. The Balaban J connectivity index is 1.14. The quantitative estimate of drug-likeness (QED) is 0.127. The summed E-state index contributed by atoms with van der Waals surface area (Å²) in [5.41, 5.74) is 11.9. The molecule has 12 rings (SSSR count). The number of hydrogen-bond donors (Lipinski definition) is 0. The molecule has 0 aliphatic rings. The number of anilines is 9. The SMILES string of the molecule is c1ccc(N(c2ccccc2)c2cc(N(c3ccccc3)c3ccccc3)cc(N(c3ccc(-c4cccc5c4sc4ccccc45)cc3)c3cc4ccccc4c4ccccc34)c2)cc1. The van der Waals surface area contributed by atoms with Crippen molar-refractivity contribution in [2.75, 3.05) is 14.7 Å². The molecular weight excluding hydrogens is 819 g/mol. The molecule has 3 nitrogen and oxygen atoms in total. The molecule has 1 aromatic heterocycles. The Labute approximate surface area is 388 Å². The minimum Gasteiger partial charge on any atom is -0.310 e. The van der Waals surface area contributed by atoms with E-state index in [0.717, 1.165) is 51.2 Å². The lowest BCUT2D eigenvalue weighted by atomic mass is 9.98. The lowest BCUT2D eigenvalue weighted by Crippen LogP contribution is -2.16. The maximum Gasteiger partial charge on any atom is 0.0546 e. The number of benzene rings is 11. The van der Waals surface area contributed by atoms with Crippen LogP contribution in [0, 0.1) is 0 Å². The normalized spacial score (nSPS) is 11.3. The average Bonchev–Trinajstić information content (AvgIpc) is 3.77. The van der Waals surface area contributed by atoms with Crippen molar-refractivity contribution in [3.05, 3.63) is 261 Å². The van der Waals surface area contributed by atoms with E-state index in [0.29, 0.717) is 0 Å². The van der Waals surface area contributed by atoms with Gasteiger partial charge in [-0.3, -0.25) is 0 Å². The Bertz CT molecular complexity index is 3470. The van der Waals surface area contributed by atoms with Gasteiger partial charge in [0.2, 0.25) is 0 Å². The van der Waals surface area contributed by atoms with E-state index in [1.54, 1.807) is 0 Å². The van der Waals surface area contributed by atoms with Crippen LogP contribution in [0.15, 0.2) is 261 Å². The third kappa shape index (κ3) is 7.11. The fourth-order valence-corrected chi connectivity index (χ4v) is 10.8. The molecule has 0 unspecified atom stereocenters. The van der Waals surface area contributed by atoms with Crippen molar-refractivity contribution in [3.8, 4) is 11.1 Å². The molecule has 0 atom stereocenters. The van der Waals surface area contributed by atoms with Crippen LogP contribution in [0.25, 0.3) is 52.8 Å². The highest BCUT2D eigenvalue weighted by Gasteiger charge is 2.24. The number of para-hydroxylation sites is 4. The molecule has 12 aromatic rings. The molecule has 0 spiro atoms. The third-order valence-electron chi connectivity index (χ3n) is 12.5. The highest BCUT2D eigenvalue weighted by atomic mass is 32.1. The van der Waals surface area contributed by atoms with Crippen LogP contribution in [0.5, 0.6) is 0 Å². The zero-order chi connectivity index (χ0) is 43.8. The first-order valence-electron chi connectivity index (χ1n) is 22.4. The van der Waals surface area contributed by atoms with Gasteiger partial charge in [-0.15, -0.1) is 11.3 Å². The summed E-state index contributed by atoms with van der Waals surface area (Å²) in [7, 11) is 0. The van der Waals surface area contributed by atoms with Gasteiger partial charge in [-0.25, -0.2) is 0 Å². The minimum atomic E-state index is 1.02. The average molecular weight is 862 g/mol. The second-order valence-corrected chi connectivity index (χ2v) is 17.6. The number of rotatable bonds is 10. The van der Waals surface area contributed by atoms with E-state index in [1.165, 1.54) is 52.8 Å². The van der Waals surface area contributed by atoms with Gasteiger partial charge in [-0.1, -0.05) is 170 Å². The lowest BCUT2D eigenvalue weighted by molar-refractivity contribution is 1.23. The molecule has 0 aliphatic heterocycles. The summed E-state index contributed by atoms with van der Waals surface area (Å²) in [6.07, 6.45) is 0. The second-order valence-electron chi connectivity index (χ2n) is 16.5. The van der Waals surface area contributed by atoms with Gasteiger partial charge in [0, 0.05) is 54.0 Å². The van der Waals surface area contributed by atoms with Crippen molar-refractivity contribution in [1.29, 1.82) is 0 Å². The fraction of sp³-hybridized carbons (Fsp3) is 0. The summed E-state index contributed by atoms with van der Waals surface area (Å²) in [5.74, 6) is 0. The zero-order valence-electron chi connectivity index (χ0n) is 36.1. The molecule has 0 radical (unpaired) electrons. The van der Waals surface area contributed by atoms with Crippen LogP contribution in [-0.4, -0.2) is 0 Å². The van der Waals surface area contributed by atoms with Gasteiger partial charge >= 0.3 is 0 Å². The molecule has 0 bridgehead atoms. The van der Waals surface area contributed by atoms with Crippen LogP contribution in [-0.2, 0) is 0 Å². The molecule has 312 valence electrons. The Kier molecular flexibility index (Phi) is 10.0. The zero-order valence-corrected chi connectivity index (χ0v) is 36.9. The highest BCUT2D eigenvalue weighted by molar-refractivity contribution is 7.26. The molecule has 0 fully saturated rings. The van der Waals surface area contributed by atoms with Crippen molar-refractivity contribution in [2.24, 2.45) is 0 Å². The lowest BCUT2D eigenvalue weighted by Gasteiger charge is -2.33. The second kappa shape index (κ2) is 16.9. The molecule has 0 saturated carbocycles. The molecule has 4 heteroatoms. The van der Waals surface area contributed by atoms with Gasteiger partial charge in [0.25, 0.3) is 0 Å². The summed E-state index contributed by atoms with van der Waals surface area (Å²) in [4.78, 5) is 7.20. The monoisotopic (exact) mass is 861 g/mol. The van der Waals surface area contributed by atoms with Gasteiger partial charge < -0.3 is 14.7 Å². The van der Waals surface area contributed by atoms with E-state index in [1.807, 2.05) is 11.3 Å². The van der Waals surface area contributed by atoms with Crippen molar-refractivity contribution in [3.63, 3.8) is 0 Å². The Morgan fingerprint density at radius 1 is 0.258 bits per heavy atom. The van der Waals surface area contributed by atoms with Gasteiger partial charge in [0.1, 0.15) is 0 Å². The minimum absolute atomic E-state index is 1.02. The van der Waals surface area contributed by atoms with Gasteiger partial charge in [0.05, 0.1) is 22.7 Å². The van der Waals surface area contributed by atoms with Crippen LogP contribution in [0.4, 0.5) is 51.2 Å². The van der Waals surface area contributed by atoms with Crippen molar-refractivity contribution < 1.29 is 0 Å². The summed E-state index contributed by atoms with van der Waals surface area (Å²) < 4.78 is 2.62. The Morgan fingerprint density at radius 3 is 1.24 bits per heavy atom. The molecule has 0 saturated heterocycles. The predicted octanol–water partition coefficient (Wildman–Crippen LogP) is 18.4. The summed E-state index contributed by atoms with van der Waals surface area (Å²) in [6.45, 7) is 0. The first kappa shape index (κ1) is 39.2. The largest absolute Gasteiger partial charge is 0.310 e. The fourth-order valence-electron chi connectivity index (χ4n) is 9.58. The molecule has 0 N–H and O–H groups in total. The number of fused-ring (bicyclic) bond motifs is 6. The first-order valence-corrected chi connectivity index (χ1v) is 23.2. The maximum absolute atomic E-state index is 2.47. The molecule has 66 heavy (non-hydrogen) atoms. The van der Waals surface area contributed by atoms with E-state index in [4.69, 9.17) is 0 Å². The number of nitrogens with zero attached hydrogens (tertiary/aromatic N) is 3. The van der Waals surface area contributed by atoms with Gasteiger partial charge in [-0.2, -0.15) is 0 Å². The van der Waals surface area contributed by atoms with E-state index < -0.39 is 0 Å².